The van der Waals surface area contributed by atoms with Crippen LogP contribution in [0.2, 0.25) is 0 Å². The lowest BCUT2D eigenvalue weighted by Crippen LogP contribution is -2.52. The summed E-state index contributed by atoms with van der Waals surface area (Å²) in [5, 5.41) is 11.2. The summed E-state index contributed by atoms with van der Waals surface area (Å²) in [5.41, 5.74) is 6.24. The Bertz CT molecular complexity index is 717. The Kier molecular flexibility index (Phi) is 8.28. The minimum absolute atomic E-state index is 0.132. The summed E-state index contributed by atoms with van der Waals surface area (Å²) < 4.78 is 5.32. The standard InChI is InChI=1S/C20H26N4O4/c21-12-6-2-5-10-16(18(22)25)23-19(26)17-11-7-13-24(17)20(27)28-14-15-8-3-1-4-9-15/h1,3-4,8-9,16-17H,2,5-7,10-11,13-14H2,(H2,22,25)(H,23,26)/t16-,17-/m1/s1. The van der Waals surface area contributed by atoms with Gasteiger partial charge in [0.25, 0.3) is 0 Å². The van der Waals surface area contributed by atoms with Gasteiger partial charge < -0.3 is 15.8 Å². The molecule has 3 amide bonds. The fourth-order valence-electron chi connectivity index (χ4n) is 3.17. The summed E-state index contributed by atoms with van der Waals surface area (Å²) in [4.78, 5) is 38.0. The minimum atomic E-state index is -0.811. The van der Waals surface area contributed by atoms with Crippen LogP contribution >= 0.6 is 0 Å². The Morgan fingerprint density at radius 1 is 1.29 bits per heavy atom. The Labute approximate surface area is 164 Å². The van der Waals surface area contributed by atoms with Crippen LogP contribution in [0, 0.1) is 11.3 Å². The molecule has 1 aliphatic heterocycles. The molecular formula is C20H26N4O4. The molecule has 0 aromatic heterocycles. The number of ether oxygens (including phenoxy) is 1. The molecule has 0 saturated carbocycles. The number of rotatable bonds is 9. The average Bonchev–Trinajstić information content (AvgIpc) is 3.19. The van der Waals surface area contributed by atoms with Crippen molar-refractivity contribution in [2.24, 2.45) is 5.73 Å². The number of likely N-dealkylation sites (tertiary alicyclic amines) is 1. The third-order valence-corrected chi connectivity index (χ3v) is 4.69. The predicted molar refractivity (Wildman–Crippen MR) is 102 cm³/mol. The van der Waals surface area contributed by atoms with Gasteiger partial charge in [-0.2, -0.15) is 5.26 Å². The highest BCUT2D eigenvalue weighted by atomic mass is 16.6. The van der Waals surface area contributed by atoms with Gasteiger partial charge in [0.2, 0.25) is 11.8 Å². The number of nitrogens with zero attached hydrogens (tertiary/aromatic N) is 2. The van der Waals surface area contributed by atoms with Crippen LogP contribution in [0.15, 0.2) is 30.3 Å². The maximum Gasteiger partial charge on any atom is 0.410 e. The number of benzene rings is 1. The van der Waals surface area contributed by atoms with Crippen molar-refractivity contribution >= 4 is 17.9 Å². The van der Waals surface area contributed by atoms with Crippen LogP contribution in [0.3, 0.4) is 0 Å². The van der Waals surface area contributed by atoms with E-state index in [2.05, 4.69) is 5.32 Å². The van der Waals surface area contributed by atoms with Crippen LogP contribution in [0.4, 0.5) is 4.79 Å². The highest BCUT2D eigenvalue weighted by Gasteiger charge is 2.36. The zero-order valence-electron chi connectivity index (χ0n) is 15.8. The number of primary amides is 1. The smallest absolute Gasteiger partial charge is 0.410 e. The van der Waals surface area contributed by atoms with Gasteiger partial charge in [-0.25, -0.2) is 4.79 Å². The van der Waals surface area contributed by atoms with Crippen molar-refractivity contribution in [3.63, 3.8) is 0 Å². The molecule has 2 rings (SSSR count). The van der Waals surface area contributed by atoms with Crippen molar-refractivity contribution in [3.8, 4) is 6.07 Å². The van der Waals surface area contributed by atoms with E-state index < -0.39 is 30.0 Å². The molecular weight excluding hydrogens is 360 g/mol. The largest absolute Gasteiger partial charge is 0.445 e. The first-order valence-electron chi connectivity index (χ1n) is 9.47. The molecule has 8 heteroatoms. The molecule has 1 aromatic rings. The first-order chi connectivity index (χ1) is 13.5. The zero-order valence-corrected chi connectivity index (χ0v) is 15.8. The predicted octanol–water partition coefficient (Wildman–Crippen LogP) is 1.84. The molecule has 1 fully saturated rings. The van der Waals surface area contributed by atoms with Crippen molar-refractivity contribution in [1.82, 2.24) is 10.2 Å². The number of carbonyl (C=O) groups excluding carboxylic acids is 3. The molecule has 0 aliphatic carbocycles. The van der Waals surface area contributed by atoms with Gasteiger partial charge in [-0.3, -0.25) is 14.5 Å². The van der Waals surface area contributed by atoms with Crippen LogP contribution in [0.5, 0.6) is 0 Å². The lowest BCUT2D eigenvalue weighted by Gasteiger charge is -2.25. The number of amides is 3. The Morgan fingerprint density at radius 2 is 2.04 bits per heavy atom. The monoisotopic (exact) mass is 386 g/mol. The quantitative estimate of drug-likeness (QED) is 0.626. The van der Waals surface area contributed by atoms with Crippen LogP contribution in [0.1, 0.15) is 44.1 Å². The van der Waals surface area contributed by atoms with E-state index in [1.54, 1.807) is 0 Å². The third-order valence-electron chi connectivity index (χ3n) is 4.69. The van der Waals surface area contributed by atoms with E-state index in [1.165, 1.54) is 4.90 Å². The molecule has 0 spiro atoms. The summed E-state index contributed by atoms with van der Waals surface area (Å²) >= 11 is 0. The summed E-state index contributed by atoms with van der Waals surface area (Å²) in [6.45, 7) is 0.558. The van der Waals surface area contributed by atoms with Gasteiger partial charge in [0.1, 0.15) is 18.7 Å². The summed E-state index contributed by atoms with van der Waals surface area (Å²) in [6.07, 6.45) is 2.64. The maximum absolute atomic E-state index is 12.6. The second kappa shape index (κ2) is 10.9. The van der Waals surface area contributed by atoms with E-state index in [0.717, 1.165) is 5.56 Å². The maximum atomic E-state index is 12.6. The Morgan fingerprint density at radius 3 is 2.71 bits per heavy atom. The Hall–Kier alpha value is -3.08. The summed E-state index contributed by atoms with van der Waals surface area (Å²) in [6, 6.07) is 9.84. The van der Waals surface area contributed by atoms with Gasteiger partial charge in [0, 0.05) is 13.0 Å². The van der Waals surface area contributed by atoms with E-state index in [1.807, 2.05) is 36.4 Å². The fraction of sp³-hybridized carbons (Fsp3) is 0.500. The molecule has 8 nitrogen and oxygen atoms in total. The van der Waals surface area contributed by atoms with Crippen molar-refractivity contribution in [1.29, 1.82) is 5.26 Å². The van der Waals surface area contributed by atoms with Crippen LogP contribution < -0.4 is 11.1 Å². The molecule has 3 N–H and O–H groups in total. The molecule has 150 valence electrons. The lowest BCUT2D eigenvalue weighted by atomic mass is 10.1. The van der Waals surface area contributed by atoms with Crippen molar-refractivity contribution in [3.05, 3.63) is 35.9 Å². The van der Waals surface area contributed by atoms with Gasteiger partial charge in [-0.15, -0.1) is 0 Å². The highest BCUT2D eigenvalue weighted by Crippen LogP contribution is 2.19. The summed E-state index contributed by atoms with van der Waals surface area (Å²) in [7, 11) is 0. The van der Waals surface area contributed by atoms with Crippen LogP contribution in [0.25, 0.3) is 0 Å². The topological polar surface area (TPSA) is 126 Å². The lowest BCUT2D eigenvalue weighted by molar-refractivity contribution is -0.130. The normalized spacial score (nSPS) is 16.8. The number of nitrogens with two attached hydrogens (primary N) is 1. The van der Waals surface area contributed by atoms with E-state index in [0.29, 0.717) is 45.1 Å². The number of hydrogen-bond donors (Lipinski definition) is 2. The molecule has 28 heavy (non-hydrogen) atoms. The Balaban J connectivity index is 1.88. The number of carbonyl (C=O) groups is 3. The number of nitriles is 1. The van der Waals surface area contributed by atoms with Crippen LogP contribution in [-0.4, -0.2) is 41.4 Å². The summed E-state index contributed by atoms with van der Waals surface area (Å²) in [5.74, 6) is -1.03. The number of hydrogen-bond acceptors (Lipinski definition) is 5. The second-order valence-corrected chi connectivity index (χ2v) is 6.76. The minimum Gasteiger partial charge on any atom is -0.445 e. The van der Waals surface area contributed by atoms with Crippen molar-refractivity contribution < 1.29 is 19.1 Å². The van der Waals surface area contributed by atoms with E-state index >= 15 is 0 Å². The molecule has 0 radical (unpaired) electrons. The zero-order chi connectivity index (χ0) is 20.4. The molecule has 1 aliphatic rings. The van der Waals surface area contributed by atoms with Gasteiger partial charge in [0.15, 0.2) is 0 Å². The first-order valence-corrected chi connectivity index (χ1v) is 9.47. The fourth-order valence-corrected chi connectivity index (χ4v) is 3.17. The van der Waals surface area contributed by atoms with E-state index in [4.69, 9.17) is 15.7 Å². The van der Waals surface area contributed by atoms with Crippen molar-refractivity contribution in [2.75, 3.05) is 6.54 Å². The SMILES string of the molecule is N#CCCCC[C@@H](NC(=O)[C@H]1CCCN1C(=O)OCc1ccccc1)C(N)=O. The van der Waals surface area contributed by atoms with E-state index in [-0.39, 0.29) is 6.61 Å². The first kappa shape index (κ1) is 21.2. The number of unbranched alkanes of at least 4 members (excludes halogenated alkanes) is 2. The molecule has 1 saturated heterocycles. The van der Waals surface area contributed by atoms with Gasteiger partial charge >= 0.3 is 6.09 Å². The van der Waals surface area contributed by atoms with Crippen LogP contribution in [-0.2, 0) is 20.9 Å². The molecule has 0 unspecified atom stereocenters. The van der Waals surface area contributed by atoms with Gasteiger partial charge in [-0.05, 0) is 37.7 Å². The van der Waals surface area contributed by atoms with Gasteiger partial charge in [0.05, 0.1) is 6.07 Å². The van der Waals surface area contributed by atoms with E-state index in [9.17, 15) is 14.4 Å². The molecule has 2 atom stereocenters. The number of nitrogens with one attached hydrogen (secondary N) is 1. The average molecular weight is 386 g/mol. The van der Waals surface area contributed by atoms with Gasteiger partial charge in [-0.1, -0.05) is 30.3 Å². The highest BCUT2D eigenvalue weighted by molar-refractivity contribution is 5.91. The third kappa shape index (κ3) is 6.27. The van der Waals surface area contributed by atoms with Crippen molar-refractivity contribution in [2.45, 2.75) is 57.2 Å². The second-order valence-electron chi connectivity index (χ2n) is 6.76. The molecule has 1 heterocycles. The molecule has 0 bridgehead atoms. The molecule has 1 aromatic carbocycles.